The van der Waals surface area contributed by atoms with Gasteiger partial charge in [0.1, 0.15) is 0 Å². The Morgan fingerprint density at radius 2 is 2.18 bits per heavy atom. The number of imide groups is 1. The van der Waals surface area contributed by atoms with Gasteiger partial charge in [0.05, 0.1) is 0 Å². The van der Waals surface area contributed by atoms with Crippen LogP contribution >= 0.6 is 0 Å². The molecule has 0 aliphatic carbocycles. The second-order valence-corrected chi connectivity index (χ2v) is 1.99. The molecule has 7 nitrogen and oxygen atoms in total. The molecule has 1 radical (unpaired) electrons. The van der Waals surface area contributed by atoms with Crippen LogP contribution < -0.4 is 5.32 Å². The van der Waals surface area contributed by atoms with Crippen LogP contribution in [0.4, 0.5) is 4.79 Å². The Morgan fingerprint density at radius 3 is 2.36 bits per heavy atom. The van der Waals surface area contributed by atoms with E-state index in [-0.39, 0.29) is 5.01 Å². The minimum atomic E-state index is -1.10. The van der Waals surface area contributed by atoms with Crippen LogP contribution in [-0.2, 0) is 4.79 Å². The number of carbonyl (C=O) groups excluding carboxylic acids is 2. The lowest BCUT2D eigenvalue weighted by atomic mass is 10.3. The molecule has 59 valence electrons. The third kappa shape index (κ3) is 0.997. The molecule has 1 unspecified atom stereocenters. The Kier molecular flexibility index (Phi) is 1.48. The lowest BCUT2D eigenvalue weighted by Gasteiger charge is -2.03. The Balaban J connectivity index is 2.88. The molecule has 0 saturated carbocycles. The van der Waals surface area contributed by atoms with Gasteiger partial charge in [0, 0.05) is 0 Å². The second kappa shape index (κ2) is 2.19. The molecule has 1 aliphatic rings. The summed E-state index contributed by atoms with van der Waals surface area (Å²) in [6, 6.07) is -2.18. The molecule has 3 amide bonds. The van der Waals surface area contributed by atoms with Crippen LogP contribution in [0, 0.1) is 10.1 Å². The minimum absolute atomic E-state index is 0.197. The van der Waals surface area contributed by atoms with E-state index < -0.39 is 23.0 Å². The van der Waals surface area contributed by atoms with E-state index in [1.807, 2.05) is 0 Å². The predicted molar refractivity (Wildman–Crippen MR) is 30.8 cm³/mol. The molecule has 0 aromatic rings. The zero-order valence-electron chi connectivity index (χ0n) is 5.55. The van der Waals surface area contributed by atoms with Gasteiger partial charge in [-0.15, -0.1) is 0 Å². The fourth-order valence-electron chi connectivity index (χ4n) is 0.720. The number of nitro groups is 1. The number of hydrogen-bond donors (Lipinski definition) is 0. The lowest BCUT2D eigenvalue weighted by molar-refractivity contribution is -0.634. The zero-order chi connectivity index (χ0) is 8.59. The highest BCUT2D eigenvalue weighted by molar-refractivity contribution is 6.02. The van der Waals surface area contributed by atoms with Crippen molar-refractivity contribution in [3.8, 4) is 0 Å². The van der Waals surface area contributed by atoms with Crippen LogP contribution in [0.5, 0.6) is 0 Å². The monoisotopic (exact) mass is 158 g/mol. The van der Waals surface area contributed by atoms with Crippen molar-refractivity contribution in [2.75, 3.05) is 0 Å². The van der Waals surface area contributed by atoms with Crippen molar-refractivity contribution in [2.24, 2.45) is 0 Å². The van der Waals surface area contributed by atoms with Gasteiger partial charge in [-0.25, -0.2) is 14.9 Å². The van der Waals surface area contributed by atoms with Gasteiger partial charge in [0.25, 0.3) is 5.91 Å². The molecule has 0 aromatic carbocycles. The van der Waals surface area contributed by atoms with Crippen LogP contribution in [0.15, 0.2) is 0 Å². The zero-order valence-corrected chi connectivity index (χ0v) is 5.55. The van der Waals surface area contributed by atoms with Gasteiger partial charge in [-0.3, -0.25) is 4.79 Å². The minimum Gasteiger partial charge on any atom is -0.270 e. The molecule has 0 N–H and O–H groups in total. The Labute approximate surface area is 61.1 Å². The first-order chi connectivity index (χ1) is 5.04. The molecule has 7 heteroatoms. The first-order valence-electron chi connectivity index (χ1n) is 2.77. The van der Waals surface area contributed by atoms with E-state index in [1.54, 1.807) is 0 Å². The molecular formula is C4H4N3O4. The number of hydrazine groups is 1. The van der Waals surface area contributed by atoms with Crippen molar-refractivity contribution >= 4 is 11.9 Å². The van der Waals surface area contributed by atoms with Gasteiger partial charge in [-0.05, 0) is 11.9 Å². The van der Waals surface area contributed by atoms with E-state index in [9.17, 15) is 19.7 Å². The van der Waals surface area contributed by atoms with Gasteiger partial charge >= 0.3 is 6.03 Å². The smallest absolute Gasteiger partial charge is 0.270 e. The van der Waals surface area contributed by atoms with Crippen LogP contribution in [0.1, 0.15) is 6.92 Å². The normalized spacial score (nSPS) is 23.7. The number of amides is 3. The number of nitrogens with zero attached hydrogens (tertiary/aromatic N) is 3. The SMILES string of the molecule is CC1C(=O)[N]C(=O)N1[N+](=O)[O-]. The highest BCUT2D eigenvalue weighted by atomic mass is 16.7. The molecule has 11 heavy (non-hydrogen) atoms. The summed E-state index contributed by atoms with van der Waals surface area (Å²) in [5.41, 5.74) is 0. The Morgan fingerprint density at radius 1 is 1.64 bits per heavy atom. The fourth-order valence-corrected chi connectivity index (χ4v) is 0.720. The van der Waals surface area contributed by atoms with Crippen LogP contribution in [0.3, 0.4) is 0 Å². The van der Waals surface area contributed by atoms with Gasteiger partial charge in [-0.1, -0.05) is 0 Å². The summed E-state index contributed by atoms with van der Waals surface area (Å²) in [6.45, 7) is 1.25. The van der Waals surface area contributed by atoms with Gasteiger partial charge in [0.2, 0.25) is 0 Å². The molecule has 0 bridgehead atoms. The van der Waals surface area contributed by atoms with E-state index in [2.05, 4.69) is 5.32 Å². The molecule has 1 rings (SSSR count). The third-order valence-electron chi connectivity index (χ3n) is 1.30. The summed E-state index contributed by atoms with van der Waals surface area (Å²) in [6.07, 6.45) is 0. The molecule has 1 heterocycles. The van der Waals surface area contributed by atoms with Crippen molar-refractivity contribution in [2.45, 2.75) is 13.0 Å². The predicted octanol–water partition coefficient (Wildman–Crippen LogP) is -0.867. The maximum atomic E-state index is 10.6. The molecular weight excluding hydrogens is 154 g/mol. The third-order valence-corrected chi connectivity index (χ3v) is 1.30. The van der Waals surface area contributed by atoms with Crippen LogP contribution in [-0.4, -0.2) is 28.0 Å². The first kappa shape index (κ1) is 7.45. The number of carbonyl (C=O) groups is 2. The van der Waals surface area contributed by atoms with Crippen LogP contribution in [0.25, 0.3) is 0 Å². The molecule has 1 atom stereocenters. The highest BCUT2D eigenvalue weighted by Gasteiger charge is 2.45. The standard InChI is InChI=1S/C4H4N3O4/c1-2-3(8)5-4(9)6(2)7(10)11/h2H,1H3. The number of hydrogen-bond acceptors (Lipinski definition) is 4. The van der Waals surface area contributed by atoms with E-state index in [0.717, 1.165) is 0 Å². The van der Waals surface area contributed by atoms with Gasteiger partial charge in [-0.2, -0.15) is 5.32 Å². The fraction of sp³-hybridized carbons (Fsp3) is 0.500. The quantitative estimate of drug-likeness (QED) is 0.281. The van der Waals surface area contributed by atoms with Crippen LogP contribution in [0.2, 0.25) is 0 Å². The van der Waals surface area contributed by atoms with Crippen molar-refractivity contribution in [3.63, 3.8) is 0 Å². The maximum absolute atomic E-state index is 10.6. The van der Waals surface area contributed by atoms with Gasteiger partial charge in [0.15, 0.2) is 11.1 Å². The van der Waals surface area contributed by atoms with E-state index in [0.29, 0.717) is 0 Å². The van der Waals surface area contributed by atoms with Crippen molar-refractivity contribution in [1.82, 2.24) is 10.3 Å². The second-order valence-electron chi connectivity index (χ2n) is 1.99. The Hall–Kier alpha value is -1.66. The average Bonchev–Trinajstić information content (AvgIpc) is 2.07. The van der Waals surface area contributed by atoms with E-state index >= 15 is 0 Å². The average molecular weight is 158 g/mol. The Bertz CT molecular complexity index is 237. The number of urea groups is 1. The van der Waals surface area contributed by atoms with Crippen molar-refractivity contribution in [3.05, 3.63) is 10.1 Å². The van der Waals surface area contributed by atoms with Crippen molar-refractivity contribution < 1.29 is 14.6 Å². The maximum Gasteiger partial charge on any atom is 0.405 e. The van der Waals surface area contributed by atoms with Crippen molar-refractivity contribution in [1.29, 1.82) is 0 Å². The van der Waals surface area contributed by atoms with E-state index in [1.165, 1.54) is 6.92 Å². The topological polar surface area (TPSA) is 94.6 Å². The first-order valence-corrected chi connectivity index (χ1v) is 2.77. The molecule has 0 spiro atoms. The largest absolute Gasteiger partial charge is 0.405 e. The van der Waals surface area contributed by atoms with Gasteiger partial charge < -0.3 is 0 Å². The summed E-state index contributed by atoms with van der Waals surface area (Å²) in [5.74, 6) is -0.772. The molecule has 1 fully saturated rings. The molecule has 1 saturated heterocycles. The highest BCUT2D eigenvalue weighted by Crippen LogP contribution is 2.08. The lowest BCUT2D eigenvalue weighted by Crippen LogP contribution is -2.37. The number of rotatable bonds is 1. The molecule has 1 aliphatic heterocycles. The summed E-state index contributed by atoms with van der Waals surface area (Å²) in [5, 5.41) is 12.2. The summed E-state index contributed by atoms with van der Waals surface area (Å²) in [4.78, 5) is 31.2. The summed E-state index contributed by atoms with van der Waals surface area (Å²) in [7, 11) is 0. The summed E-state index contributed by atoms with van der Waals surface area (Å²) < 4.78 is 0. The summed E-state index contributed by atoms with van der Waals surface area (Å²) >= 11 is 0. The molecule has 0 aromatic heterocycles. The van der Waals surface area contributed by atoms with E-state index in [4.69, 9.17) is 0 Å².